The molecule has 1 saturated heterocycles. The fourth-order valence-electron chi connectivity index (χ4n) is 1.42. The number of carbonyl (C=O) groups is 1. The van der Waals surface area contributed by atoms with Crippen molar-refractivity contribution < 1.29 is 15.0 Å². The van der Waals surface area contributed by atoms with E-state index in [1.165, 1.54) is 4.90 Å². The molecule has 4 nitrogen and oxygen atoms in total. The Labute approximate surface area is 89.3 Å². The molecule has 2 N–H and O–H groups in total. The Hall–Kier alpha value is -0.260. The molecule has 1 aliphatic heterocycles. The van der Waals surface area contributed by atoms with Crippen LogP contribution in [0.25, 0.3) is 0 Å². The smallest absolute Gasteiger partial charge is 0.235 e. The highest BCUT2D eigenvalue weighted by atomic mass is 32.1. The molecule has 0 spiro atoms. The van der Waals surface area contributed by atoms with Crippen LogP contribution in [0.1, 0.15) is 13.8 Å². The van der Waals surface area contributed by atoms with Crippen molar-refractivity contribution in [1.82, 2.24) is 4.90 Å². The predicted octanol–water partition coefficient (Wildman–Crippen LogP) is -0.495. The van der Waals surface area contributed by atoms with Crippen molar-refractivity contribution in [2.45, 2.75) is 31.3 Å². The lowest BCUT2D eigenvalue weighted by Gasteiger charge is -2.21. The van der Waals surface area contributed by atoms with Crippen molar-refractivity contribution >= 4 is 18.5 Å². The molecule has 1 rings (SSSR count). The molecule has 0 saturated carbocycles. The number of aliphatic hydroxyl groups is 2. The van der Waals surface area contributed by atoms with E-state index in [4.69, 9.17) is 0 Å². The summed E-state index contributed by atoms with van der Waals surface area (Å²) in [4.78, 5) is 13.2. The van der Waals surface area contributed by atoms with E-state index in [1.54, 1.807) is 0 Å². The molecular formula is C9H17NO3S. The normalized spacial score (nSPS) is 29.7. The van der Waals surface area contributed by atoms with Crippen molar-refractivity contribution in [2.24, 2.45) is 5.92 Å². The number of carbonyl (C=O) groups excluding carboxylic acids is 1. The molecule has 3 unspecified atom stereocenters. The molecule has 1 aliphatic rings. The first-order chi connectivity index (χ1) is 6.43. The first-order valence-corrected chi connectivity index (χ1v) is 5.28. The Morgan fingerprint density at radius 1 is 1.36 bits per heavy atom. The maximum Gasteiger partial charge on any atom is 0.235 e. The number of rotatable bonds is 2. The average molecular weight is 219 g/mol. The van der Waals surface area contributed by atoms with Crippen molar-refractivity contribution in [3.8, 4) is 0 Å². The highest BCUT2D eigenvalue weighted by molar-refractivity contribution is 7.81. The highest BCUT2D eigenvalue weighted by Crippen LogP contribution is 2.17. The van der Waals surface area contributed by atoms with Crippen LogP contribution in [0.15, 0.2) is 0 Å². The minimum Gasteiger partial charge on any atom is -0.388 e. The molecule has 1 heterocycles. The number of hydrogen-bond acceptors (Lipinski definition) is 4. The molecule has 0 aliphatic carbocycles. The van der Waals surface area contributed by atoms with Gasteiger partial charge in [0.05, 0.1) is 17.5 Å². The second kappa shape index (κ2) is 4.51. The van der Waals surface area contributed by atoms with Gasteiger partial charge >= 0.3 is 0 Å². The number of likely N-dealkylation sites (tertiary alicyclic amines) is 1. The van der Waals surface area contributed by atoms with E-state index >= 15 is 0 Å². The monoisotopic (exact) mass is 219 g/mol. The third kappa shape index (κ3) is 2.40. The molecule has 0 aromatic rings. The highest BCUT2D eigenvalue weighted by Gasteiger charge is 2.35. The third-order valence-electron chi connectivity index (χ3n) is 2.46. The predicted molar refractivity (Wildman–Crippen MR) is 56.2 cm³/mol. The molecule has 0 aromatic heterocycles. The van der Waals surface area contributed by atoms with E-state index in [-0.39, 0.29) is 30.2 Å². The van der Waals surface area contributed by atoms with Crippen molar-refractivity contribution in [3.63, 3.8) is 0 Å². The van der Waals surface area contributed by atoms with E-state index in [0.717, 1.165) is 0 Å². The number of aliphatic hydroxyl groups excluding tert-OH is 2. The molecule has 5 heteroatoms. The average Bonchev–Trinajstić information content (AvgIpc) is 2.44. The summed E-state index contributed by atoms with van der Waals surface area (Å²) in [5.41, 5.74) is 0. The standard InChI is InChI=1S/C9H17NO3S/c1-5(2)8(14)9(13)10-3-6(11)7(12)4-10/h5-8,11-12,14H,3-4H2,1-2H3. The van der Waals surface area contributed by atoms with Crippen LogP contribution in [-0.4, -0.2) is 51.6 Å². The molecule has 1 fully saturated rings. The van der Waals surface area contributed by atoms with Crippen LogP contribution < -0.4 is 0 Å². The second-order valence-corrected chi connectivity index (χ2v) is 4.62. The van der Waals surface area contributed by atoms with Crippen LogP contribution in [0.2, 0.25) is 0 Å². The summed E-state index contributed by atoms with van der Waals surface area (Å²) in [7, 11) is 0. The van der Waals surface area contributed by atoms with Gasteiger partial charge in [0.1, 0.15) is 0 Å². The second-order valence-electron chi connectivity index (χ2n) is 4.07. The maximum absolute atomic E-state index is 11.7. The summed E-state index contributed by atoms with van der Waals surface area (Å²) in [6, 6.07) is 0. The van der Waals surface area contributed by atoms with E-state index in [0.29, 0.717) is 0 Å². The van der Waals surface area contributed by atoms with Crippen LogP contribution in [-0.2, 0) is 4.79 Å². The van der Waals surface area contributed by atoms with Crippen molar-refractivity contribution in [2.75, 3.05) is 13.1 Å². The Balaban J connectivity index is 2.55. The Bertz CT molecular complexity index is 212. The van der Waals surface area contributed by atoms with Crippen LogP contribution in [0.4, 0.5) is 0 Å². The van der Waals surface area contributed by atoms with E-state index < -0.39 is 12.2 Å². The van der Waals surface area contributed by atoms with Gasteiger partial charge in [-0.1, -0.05) is 13.8 Å². The van der Waals surface area contributed by atoms with Gasteiger partial charge in [-0.3, -0.25) is 4.79 Å². The first kappa shape index (κ1) is 11.8. The van der Waals surface area contributed by atoms with Gasteiger partial charge in [-0.2, -0.15) is 12.6 Å². The zero-order valence-electron chi connectivity index (χ0n) is 8.42. The third-order valence-corrected chi connectivity index (χ3v) is 3.27. The van der Waals surface area contributed by atoms with Gasteiger partial charge in [0, 0.05) is 13.1 Å². The van der Waals surface area contributed by atoms with Gasteiger partial charge in [0.15, 0.2) is 0 Å². The van der Waals surface area contributed by atoms with Crippen LogP contribution >= 0.6 is 12.6 Å². The van der Waals surface area contributed by atoms with Crippen LogP contribution in [0.5, 0.6) is 0 Å². The minimum absolute atomic E-state index is 0.112. The molecule has 14 heavy (non-hydrogen) atoms. The zero-order valence-corrected chi connectivity index (χ0v) is 9.32. The summed E-state index contributed by atoms with van der Waals surface area (Å²) >= 11 is 4.20. The Morgan fingerprint density at radius 2 is 1.79 bits per heavy atom. The summed E-state index contributed by atoms with van der Waals surface area (Å²) in [5, 5.41) is 18.2. The first-order valence-electron chi connectivity index (χ1n) is 4.76. The SMILES string of the molecule is CC(C)C(S)C(=O)N1CC(O)C(O)C1. The topological polar surface area (TPSA) is 60.8 Å². The number of β-amino-alcohol motifs (C(OH)–C–C–N with tert-alkyl or cyclic N) is 2. The lowest BCUT2D eigenvalue weighted by Crippen LogP contribution is -2.38. The molecule has 3 atom stereocenters. The molecule has 82 valence electrons. The van der Waals surface area contributed by atoms with Crippen LogP contribution in [0.3, 0.4) is 0 Å². The maximum atomic E-state index is 11.7. The van der Waals surface area contributed by atoms with Crippen LogP contribution in [0, 0.1) is 5.92 Å². The van der Waals surface area contributed by atoms with Gasteiger partial charge in [0.25, 0.3) is 0 Å². The molecule has 1 amide bonds. The van der Waals surface area contributed by atoms with E-state index in [9.17, 15) is 15.0 Å². The van der Waals surface area contributed by atoms with Gasteiger partial charge < -0.3 is 15.1 Å². The van der Waals surface area contributed by atoms with Crippen molar-refractivity contribution in [1.29, 1.82) is 0 Å². The van der Waals surface area contributed by atoms with Gasteiger partial charge in [-0.15, -0.1) is 0 Å². The van der Waals surface area contributed by atoms with E-state index in [2.05, 4.69) is 12.6 Å². The molecule has 0 bridgehead atoms. The van der Waals surface area contributed by atoms with E-state index in [1.807, 2.05) is 13.8 Å². The van der Waals surface area contributed by atoms with Gasteiger partial charge in [-0.05, 0) is 5.92 Å². The quantitative estimate of drug-likeness (QED) is 0.549. The number of nitrogens with zero attached hydrogens (tertiary/aromatic N) is 1. The number of amides is 1. The molecule has 0 aromatic carbocycles. The fraction of sp³-hybridized carbons (Fsp3) is 0.889. The number of thiol groups is 1. The zero-order chi connectivity index (χ0) is 10.9. The lowest BCUT2D eigenvalue weighted by atomic mass is 10.1. The largest absolute Gasteiger partial charge is 0.388 e. The molecule has 0 radical (unpaired) electrons. The lowest BCUT2D eigenvalue weighted by molar-refractivity contribution is -0.130. The van der Waals surface area contributed by atoms with Crippen molar-refractivity contribution in [3.05, 3.63) is 0 Å². The Morgan fingerprint density at radius 3 is 2.14 bits per heavy atom. The van der Waals surface area contributed by atoms with Gasteiger partial charge in [0.2, 0.25) is 5.91 Å². The number of hydrogen-bond donors (Lipinski definition) is 3. The summed E-state index contributed by atoms with van der Waals surface area (Å²) in [6.45, 7) is 4.25. The summed E-state index contributed by atoms with van der Waals surface area (Å²) in [6.07, 6.45) is -1.63. The molecular weight excluding hydrogens is 202 g/mol. The summed E-state index contributed by atoms with van der Waals surface area (Å²) < 4.78 is 0. The minimum atomic E-state index is -0.813. The summed E-state index contributed by atoms with van der Waals surface area (Å²) in [5.74, 6) is 0.0413. The van der Waals surface area contributed by atoms with Gasteiger partial charge in [-0.25, -0.2) is 0 Å². The fourth-order valence-corrected chi connectivity index (χ4v) is 1.58. The Kier molecular flexibility index (Phi) is 3.80.